The number of unbranched alkanes of at least 4 members (excludes halogenated alkanes) is 1. The van der Waals surface area contributed by atoms with E-state index in [0.29, 0.717) is 435 Å². The summed E-state index contributed by atoms with van der Waals surface area (Å²) in [5.41, 5.74) is 10.0. The summed E-state index contributed by atoms with van der Waals surface area (Å²) in [5, 5.41) is 9.61. The number of ether oxygens (including phenoxy) is 33. The smallest absolute Gasteiger partial charge is 0.305 e. The van der Waals surface area contributed by atoms with E-state index in [0.717, 1.165) is 85.4 Å². The van der Waals surface area contributed by atoms with Crippen molar-refractivity contribution in [2.45, 2.75) is 39.0 Å². The number of nitrogens with two attached hydrogens (primary N) is 1. The molecule has 3 aromatic rings. The summed E-state index contributed by atoms with van der Waals surface area (Å²) in [6, 6.07) is 6.35. The van der Waals surface area contributed by atoms with E-state index in [2.05, 4.69) is 38.8 Å². The van der Waals surface area contributed by atoms with Crippen LogP contribution in [-0.2, 0) is 172 Å². The molecule has 0 spiro atoms. The third kappa shape index (κ3) is 75.2. The predicted octanol–water partition coefficient (Wildman–Crippen LogP) is 3.03. The summed E-state index contributed by atoms with van der Waals surface area (Å²) in [7, 11) is 1.64. The normalized spacial score (nSPS) is 12.7. The van der Waals surface area contributed by atoms with Crippen molar-refractivity contribution in [2.24, 2.45) is 0 Å². The topological polar surface area (TPSA) is 436 Å². The van der Waals surface area contributed by atoms with Crippen LogP contribution in [0.2, 0.25) is 0 Å². The number of pyridine rings is 1. The van der Waals surface area contributed by atoms with Crippen molar-refractivity contribution in [3.05, 3.63) is 24.0 Å². The number of benzene rings is 1. The number of carboxylic acids is 1. The fourth-order valence-electron chi connectivity index (χ4n) is 11.9. The van der Waals surface area contributed by atoms with Gasteiger partial charge in [0.2, 0.25) is 5.91 Å². The molecule has 4 N–H and O–H groups in total. The number of rotatable bonds is 109. The van der Waals surface area contributed by atoms with E-state index >= 15 is 0 Å². The molecule has 1 saturated heterocycles. The number of nitrogen functional groups attached to an aromatic ring is 1. The summed E-state index contributed by atoms with van der Waals surface area (Å²) >= 11 is 0. The van der Waals surface area contributed by atoms with Crippen molar-refractivity contribution >= 4 is 45.3 Å². The number of aliphatic carboxylic acids is 1. The fraction of sp³-hybridized carbons (Fsp3) is 0.868. The number of imidazole rings is 1. The molecule has 0 saturated carbocycles. The van der Waals surface area contributed by atoms with Crippen LogP contribution >= 0.6 is 0 Å². The third-order valence-corrected chi connectivity index (χ3v) is 19.0. The number of amides is 1. The van der Waals surface area contributed by atoms with E-state index in [4.69, 9.17) is 172 Å². The molecule has 3 heterocycles. The Morgan fingerprint density at radius 3 is 0.858 bits per heavy atom. The average Bonchev–Trinajstić information content (AvgIpc) is 1.60. The molecule has 43 nitrogen and oxygen atoms in total. The number of aryl methyl sites for hydroxylation is 1. The molecular formula is C91H167N7O36. The summed E-state index contributed by atoms with van der Waals surface area (Å²) in [6.07, 6.45) is 3.19. The highest BCUT2D eigenvalue weighted by Gasteiger charge is 2.21. The lowest BCUT2D eigenvalue weighted by atomic mass is 10.1. The number of piperazine rings is 1. The standard InChI is InChI=1S/C91H167N7O36/c1-3-4-5-86-94-89-84-82-83(6-7-85(84)93-91(92)90(89)95-86)97-12-10-96(11-13-97)14-19-105-20-15-98(16-21-106-26-29-110-34-37-114-42-45-118-50-48-117-44-41-113-36-33-109-28-25-104-18-9-88(100)101)87(99)8-17-103-24-27-108-32-35-112-40-43-116-49-51-120-54-55-122-58-59-124-62-63-126-66-67-128-70-71-130-74-75-132-78-79-134-81-80-133-77-76-131-73-72-129-69-68-127-65-64-125-61-60-123-57-56-121-53-52-119-47-46-115-39-38-111-31-30-107-23-22-102-2/h6-7,82H,3-5,8-81H2,1-2H3,(H2,92,93)(H,94,95)(H,100,101). The number of nitrogens with zero attached hydrogens (tertiary/aromatic N) is 5. The van der Waals surface area contributed by atoms with Gasteiger partial charge in [-0.2, -0.15) is 0 Å². The van der Waals surface area contributed by atoms with Crippen LogP contribution in [0.5, 0.6) is 0 Å². The Bertz CT molecular complexity index is 3010. The number of carbonyl (C=O) groups excluding carboxylic acids is 1. The van der Waals surface area contributed by atoms with Crippen molar-refractivity contribution in [3.63, 3.8) is 0 Å². The monoisotopic (exact) mass is 1930 g/mol. The molecule has 0 aliphatic carbocycles. The van der Waals surface area contributed by atoms with Gasteiger partial charge in [0.15, 0.2) is 0 Å². The van der Waals surface area contributed by atoms with Gasteiger partial charge in [0.05, 0.1) is 448 Å². The minimum atomic E-state index is -0.890. The molecule has 43 heteroatoms. The van der Waals surface area contributed by atoms with Crippen LogP contribution in [0.1, 0.15) is 38.4 Å². The minimum Gasteiger partial charge on any atom is -0.481 e. The van der Waals surface area contributed by atoms with Crippen LogP contribution in [0.3, 0.4) is 0 Å². The second-order valence-corrected chi connectivity index (χ2v) is 29.4. The van der Waals surface area contributed by atoms with E-state index in [9.17, 15) is 9.59 Å². The first-order valence-electron chi connectivity index (χ1n) is 47.9. The van der Waals surface area contributed by atoms with Gasteiger partial charge in [-0.15, -0.1) is 0 Å². The Hall–Kier alpha value is -4.72. The number of carboxylic acid groups (broad SMARTS) is 1. The Morgan fingerprint density at radius 2 is 0.590 bits per heavy atom. The lowest BCUT2D eigenvalue weighted by molar-refractivity contribution is -0.138. The number of fused-ring (bicyclic) bond motifs is 3. The van der Waals surface area contributed by atoms with E-state index in [1.807, 2.05) is 6.07 Å². The van der Waals surface area contributed by atoms with Gasteiger partial charge in [-0.1, -0.05) is 13.3 Å². The first kappa shape index (κ1) is 122. The van der Waals surface area contributed by atoms with Crippen LogP contribution in [0.25, 0.3) is 21.9 Å². The third-order valence-electron chi connectivity index (χ3n) is 19.0. The number of nitrogens with one attached hydrogen (secondary N) is 1. The van der Waals surface area contributed by atoms with Gasteiger partial charge < -0.3 is 182 Å². The zero-order valence-corrected chi connectivity index (χ0v) is 80.7. The quantitative estimate of drug-likeness (QED) is 0.0684. The van der Waals surface area contributed by atoms with Gasteiger partial charge in [-0.05, 0) is 24.6 Å². The molecule has 782 valence electrons. The number of methoxy groups -OCH3 is 1. The summed E-state index contributed by atoms with van der Waals surface area (Å²) in [4.78, 5) is 43.7. The first-order chi connectivity index (χ1) is 66.4. The zero-order chi connectivity index (χ0) is 95.0. The summed E-state index contributed by atoms with van der Waals surface area (Å²) in [5.74, 6) is 0.469. The number of aromatic amines is 1. The molecule has 1 fully saturated rings. The van der Waals surface area contributed by atoms with Crippen molar-refractivity contribution in [1.82, 2.24) is 24.8 Å². The van der Waals surface area contributed by atoms with Crippen LogP contribution in [0.15, 0.2) is 18.2 Å². The maximum Gasteiger partial charge on any atom is 0.305 e. The van der Waals surface area contributed by atoms with Gasteiger partial charge in [-0.25, -0.2) is 9.97 Å². The molecular weight excluding hydrogens is 1770 g/mol. The van der Waals surface area contributed by atoms with Gasteiger partial charge in [-0.3, -0.25) is 14.5 Å². The first-order valence-corrected chi connectivity index (χ1v) is 47.9. The Kier molecular flexibility index (Phi) is 86.9. The zero-order valence-electron chi connectivity index (χ0n) is 80.7. The van der Waals surface area contributed by atoms with Crippen molar-refractivity contribution in [2.75, 3.05) is 493 Å². The van der Waals surface area contributed by atoms with E-state index in [1.165, 1.54) is 0 Å². The Morgan fingerprint density at radius 1 is 0.336 bits per heavy atom. The van der Waals surface area contributed by atoms with Crippen LogP contribution in [-0.4, -0.2) is 524 Å². The van der Waals surface area contributed by atoms with Crippen LogP contribution < -0.4 is 10.6 Å². The SMILES string of the molecule is CCCCc1nc2c([nH]1)c(N)nc1ccc(N3CCN(CCOCCN(CCOCCOCCOCCOCCOCCOCCOCCOCCC(=O)O)C(=O)CCOCCOCCOCCOCCOCCOCCOCCOCCOCCOCCOCCOCCOCCOCCOCCOCCOCCOCCOCCOCCOCCOCCOCCOC)CC3)cc12. The Labute approximate surface area is 793 Å². The predicted molar refractivity (Wildman–Crippen MR) is 495 cm³/mol. The highest BCUT2D eigenvalue weighted by atomic mass is 16.6. The number of aromatic nitrogens is 3. The van der Waals surface area contributed by atoms with Gasteiger partial charge in [0.1, 0.15) is 22.7 Å². The molecule has 2 aromatic heterocycles. The molecule has 1 aliphatic heterocycles. The number of carbonyl (C=O) groups is 2. The number of hydrogen-bond acceptors (Lipinski definition) is 40. The molecule has 0 atom stereocenters. The van der Waals surface area contributed by atoms with E-state index in [1.54, 1.807) is 12.0 Å². The number of anilines is 2. The number of H-pyrrole nitrogens is 1. The molecule has 1 aliphatic rings. The molecule has 134 heavy (non-hydrogen) atoms. The second kappa shape index (κ2) is 95.8. The molecule has 0 unspecified atom stereocenters. The fourth-order valence-corrected chi connectivity index (χ4v) is 11.9. The lowest BCUT2D eigenvalue weighted by Gasteiger charge is -2.36. The molecule has 0 radical (unpaired) electrons. The molecule has 4 rings (SSSR count). The van der Waals surface area contributed by atoms with Crippen molar-refractivity contribution in [1.29, 1.82) is 0 Å². The molecule has 1 amide bonds. The van der Waals surface area contributed by atoms with Gasteiger partial charge >= 0.3 is 5.97 Å². The molecule has 1 aromatic carbocycles. The average molecular weight is 1940 g/mol. The second-order valence-electron chi connectivity index (χ2n) is 29.4. The highest BCUT2D eigenvalue weighted by Crippen LogP contribution is 2.30. The van der Waals surface area contributed by atoms with E-state index < -0.39 is 5.97 Å². The van der Waals surface area contributed by atoms with Gasteiger partial charge in [0, 0.05) is 70.4 Å². The summed E-state index contributed by atoms with van der Waals surface area (Å²) in [6.45, 7) is 36.5. The number of hydrogen-bond donors (Lipinski definition) is 3. The van der Waals surface area contributed by atoms with Crippen molar-refractivity contribution in [3.8, 4) is 0 Å². The van der Waals surface area contributed by atoms with Crippen LogP contribution in [0, 0.1) is 0 Å². The lowest BCUT2D eigenvalue weighted by Crippen LogP contribution is -2.47. The molecule has 0 bridgehead atoms. The minimum absolute atomic E-state index is 0.0245. The summed E-state index contributed by atoms with van der Waals surface area (Å²) < 4.78 is 183. The maximum absolute atomic E-state index is 13.6. The van der Waals surface area contributed by atoms with Crippen molar-refractivity contribution < 1.29 is 171 Å². The van der Waals surface area contributed by atoms with Gasteiger partial charge in [0.25, 0.3) is 0 Å². The Balaban J connectivity index is 0.839. The van der Waals surface area contributed by atoms with E-state index in [-0.39, 0.29) is 32.0 Å². The largest absolute Gasteiger partial charge is 0.481 e. The van der Waals surface area contributed by atoms with Crippen LogP contribution in [0.4, 0.5) is 11.5 Å². The maximum atomic E-state index is 13.6. The highest BCUT2D eigenvalue weighted by molar-refractivity contribution is 6.07.